The number of imidazole rings is 1. The van der Waals surface area contributed by atoms with Crippen molar-refractivity contribution in [3.8, 4) is 0 Å². The number of benzene rings is 1. The second-order valence-corrected chi connectivity index (χ2v) is 4.87. The molecule has 0 saturated heterocycles. The lowest BCUT2D eigenvalue weighted by Crippen LogP contribution is -2.37. The number of aromatic nitrogens is 2. The minimum atomic E-state index is -0.0212. The largest absolute Gasteiger partial charge is 0.349 e. The zero-order chi connectivity index (χ0) is 13.1. The molecule has 4 heteroatoms. The number of amides is 1. The summed E-state index contributed by atoms with van der Waals surface area (Å²) in [4.78, 5) is 19.3. The average Bonchev–Trinajstić information content (AvgIpc) is 2.82. The van der Waals surface area contributed by atoms with Gasteiger partial charge in [-0.1, -0.05) is 20.8 Å². The van der Waals surface area contributed by atoms with E-state index in [9.17, 15) is 4.79 Å². The molecule has 96 valence electrons. The Morgan fingerprint density at radius 3 is 2.89 bits per heavy atom. The van der Waals surface area contributed by atoms with E-state index in [0.29, 0.717) is 11.5 Å². The molecule has 18 heavy (non-hydrogen) atoms. The van der Waals surface area contributed by atoms with Crippen molar-refractivity contribution in [1.82, 2.24) is 15.3 Å². The van der Waals surface area contributed by atoms with Gasteiger partial charge in [-0.05, 0) is 30.5 Å². The average molecular weight is 245 g/mol. The number of hydrogen-bond acceptors (Lipinski definition) is 2. The number of nitrogens with one attached hydrogen (secondary N) is 2. The predicted octanol–water partition coefficient (Wildman–Crippen LogP) is 2.73. The summed E-state index contributed by atoms with van der Waals surface area (Å²) in [6.45, 7) is 6.32. The SMILES string of the molecule is CCC(NC(=O)c1ccc2nc[nH]c2c1)C(C)C. The standard InChI is InChI=1S/C14H19N3O/c1-4-11(9(2)3)17-14(18)10-5-6-12-13(7-10)16-8-15-12/h5-9,11H,4H2,1-3H3,(H,15,16)(H,17,18). The molecule has 1 aromatic carbocycles. The Morgan fingerprint density at radius 2 is 2.22 bits per heavy atom. The van der Waals surface area contributed by atoms with E-state index >= 15 is 0 Å². The van der Waals surface area contributed by atoms with Crippen LogP contribution < -0.4 is 5.32 Å². The van der Waals surface area contributed by atoms with Gasteiger partial charge in [0.15, 0.2) is 0 Å². The first-order chi connectivity index (χ1) is 8.61. The van der Waals surface area contributed by atoms with Gasteiger partial charge in [0.25, 0.3) is 5.91 Å². The molecule has 0 spiro atoms. The summed E-state index contributed by atoms with van der Waals surface area (Å²) in [6, 6.07) is 5.72. The molecule has 1 heterocycles. The number of hydrogen-bond donors (Lipinski definition) is 2. The van der Waals surface area contributed by atoms with Crippen LogP contribution in [0.3, 0.4) is 0 Å². The van der Waals surface area contributed by atoms with Crippen LogP contribution in [0.4, 0.5) is 0 Å². The number of nitrogens with zero attached hydrogens (tertiary/aromatic N) is 1. The van der Waals surface area contributed by atoms with E-state index in [4.69, 9.17) is 0 Å². The summed E-state index contributed by atoms with van der Waals surface area (Å²) in [5.41, 5.74) is 2.44. The van der Waals surface area contributed by atoms with E-state index in [1.165, 1.54) is 0 Å². The van der Waals surface area contributed by atoms with Gasteiger partial charge in [-0.15, -0.1) is 0 Å². The van der Waals surface area contributed by atoms with Gasteiger partial charge in [-0.3, -0.25) is 4.79 Å². The lowest BCUT2D eigenvalue weighted by Gasteiger charge is -2.20. The minimum Gasteiger partial charge on any atom is -0.349 e. The Balaban J connectivity index is 2.17. The van der Waals surface area contributed by atoms with E-state index < -0.39 is 0 Å². The zero-order valence-corrected chi connectivity index (χ0v) is 11.0. The molecule has 0 aliphatic carbocycles. The molecule has 1 atom stereocenters. The maximum Gasteiger partial charge on any atom is 0.251 e. The normalized spacial score (nSPS) is 12.9. The van der Waals surface area contributed by atoms with Gasteiger partial charge in [0, 0.05) is 11.6 Å². The molecule has 4 nitrogen and oxygen atoms in total. The van der Waals surface area contributed by atoms with Crippen molar-refractivity contribution in [3.05, 3.63) is 30.1 Å². The maximum absolute atomic E-state index is 12.1. The topological polar surface area (TPSA) is 57.8 Å². The summed E-state index contributed by atoms with van der Waals surface area (Å²) >= 11 is 0. The highest BCUT2D eigenvalue weighted by molar-refractivity contribution is 5.97. The molecular formula is C14H19N3O. The van der Waals surface area contributed by atoms with Crippen LogP contribution in [-0.4, -0.2) is 21.9 Å². The van der Waals surface area contributed by atoms with Crippen molar-refractivity contribution in [3.63, 3.8) is 0 Å². The first-order valence-corrected chi connectivity index (χ1v) is 6.35. The van der Waals surface area contributed by atoms with Crippen molar-refractivity contribution < 1.29 is 4.79 Å². The van der Waals surface area contributed by atoms with Crippen LogP contribution >= 0.6 is 0 Å². The number of carbonyl (C=O) groups excluding carboxylic acids is 1. The number of rotatable bonds is 4. The molecule has 2 aromatic rings. The van der Waals surface area contributed by atoms with Crippen LogP contribution in [0.1, 0.15) is 37.6 Å². The lowest BCUT2D eigenvalue weighted by molar-refractivity contribution is 0.0924. The summed E-state index contributed by atoms with van der Waals surface area (Å²) in [5, 5.41) is 3.07. The van der Waals surface area contributed by atoms with Gasteiger partial charge < -0.3 is 10.3 Å². The number of aromatic amines is 1. The van der Waals surface area contributed by atoms with E-state index in [1.54, 1.807) is 6.33 Å². The Morgan fingerprint density at radius 1 is 1.44 bits per heavy atom. The lowest BCUT2D eigenvalue weighted by atomic mass is 10.0. The molecule has 1 unspecified atom stereocenters. The van der Waals surface area contributed by atoms with E-state index in [0.717, 1.165) is 17.5 Å². The van der Waals surface area contributed by atoms with Gasteiger partial charge >= 0.3 is 0 Å². The number of H-pyrrole nitrogens is 1. The second kappa shape index (κ2) is 5.21. The van der Waals surface area contributed by atoms with Gasteiger partial charge in [-0.2, -0.15) is 0 Å². The molecule has 0 saturated carbocycles. The van der Waals surface area contributed by atoms with Gasteiger partial charge in [0.1, 0.15) is 0 Å². The summed E-state index contributed by atoms with van der Waals surface area (Å²) in [7, 11) is 0. The van der Waals surface area contributed by atoms with Crippen LogP contribution in [0.2, 0.25) is 0 Å². The van der Waals surface area contributed by atoms with Crippen LogP contribution in [0.5, 0.6) is 0 Å². The molecule has 2 rings (SSSR count). The summed E-state index contributed by atoms with van der Waals surface area (Å²) in [5.74, 6) is 0.418. The second-order valence-electron chi connectivity index (χ2n) is 4.87. The van der Waals surface area contributed by atoms with E-state index in [-0.39, 0.29) is 11.9 Å². The molecule has 0 fully saturated rings. The Hall–Kier alpha value is -1.84. The van der Waals surface area contributed by atoms with Crippen LogP contribution in [0.15, 0.2) is 24.5 Å². The molecule has 1 amide bonds. The zero-order valence-electron chi connectivity index (χ0n) is 11.0. The smallest absolute Gasteiger partial charge is 0.251 e. The van der Waals surface area contributed by atoms with Crippen LogP contribution in [-0.2, 0) is 0 Å². The third-order valence-electron chi connectivity index (χ3n) is 3.24. The molecule has 0 radical (unpaired) electrons. The minimum absolute atomic E-state index is 0.0212. The highest BCUT2D eigenvalue weighted by Crippen LogP contribution is 2.13. The highest BCUT2D eigenvalue weighted by Gasteiger charge is 2.15. The number of carbonyl (C=O) groups is 1. The first kappa shape index (κ1) is 12.6. The molecule has 0 aliphatic rings. The quantitative estimate of drug-likeness (QED) is 0.870. The molecule has 2 N–H and O–H groups in total. The summed E-state index contributed by atoms with van der Waals surface area (Å²) < 4.78 is 0. The molecule has 1 aromatic heterocycles. The number of fused-ring (bicyclic) bond motifs is 1. The van der Waals surface area contributed by atoms with E-state index in [2.05, 4.69) is 36.1 Å². The molecule has 0 aliphatic heterocycles. The first-order valence-electron chi connectivity index (χ1n) is 6.35. The van der Waals surface area contributed by atoms with Crippen molar-refractivity contribution in [1.29, 1.82) is 0 Å². The Kier molecular flexibility index (Phi) is 3.65. The fraction of sp³-hybridized carbons (Fsp3) is 0.429. The third kappa shape index (κ3) is 2.53. The van der Waals surface area contributed by atoms with Gasteiger partial charge in [0.2, 0.25) is 0 Å². The van der Waals surface area contributed by atoms with Crippen molar-refractivity contribution in [2.75, 3.05) is 0 Å². The van der Waals surface area contributed by atoms with Crippen LogP contribution in [0.25, 0.3) is 11.0 Å². The predicted molar refractivity (Wildman–Crippen MR) is 72.5 cm³/mol. The van der Waals surface area contributed by atoms with E-state index in [1.807, 2.05) is 18.2 Å². The third-order valence-corrected chi connectivity index (χ3v) is 3.24. The molecule has 0 bridgehead atoms. The van der Waals surface area contributed by atoms with Crippen molar-refractivity contribution in [2.45, 2.75) is 33.2 Å². The Labute approximate surface area is 107 Å². The molecular weight excluding hydrogens is 226 g/mol. The monoisotopic (exact) mass is 245 g/mol. The highest BCUT2D eigenvalue weighted by atomic mass is 16.1. The van der Waals surface area contributed by atoms with Crippen LogP contribution in [0, 0.1) is 5.92 Å². The summed E-state index contributed by atoms with van der Waals surface area (Å²) in [6.07, 6.45) is 2.57. The van der Waals surface area contributed by atoms with Gasteiger partial charge in [0.05, 0.1) is 17.4 Å². The van der Waals surface area contributed by atoms with Crippen molar-refractivity contribution in [2.24, 2.45) is 5.92 Å². The maximum atomic E-state index is 12.1. The van der Waals surface area contributed by atoms with Gasteiger partial charge in [-0.25, -0.2) is 4.98 Å². The fourth-order valence-corrected chi connectivity index (χ4v) is 2.07. The fourth-order valence-electron chi connectivity index (χ4n) is 2.07. The van der Waals surface area contributed by atoms with Crippen molar-refractivity contribution >= 4 is 16.9 Å². The Bertz CT molecular complexity index is 545.